The molecule has 0 fully saturated rings. The summed E-state index contributed by atoms with van der Waals surface area (Å²) < 4.78 is 23.8. The summed E-state index contributed by atoms with van der Waals surface area (Å²) in [6.07, 6.45) is 2.03. The molecule has 0 unspecified atom stereocenters. The van der Waals surface area contributed by atoms with Gasteiger partial charge in [-0.3, -0.25) is 4.68 Å². The molecule has 80 valence electrons. The van der Waals surface area contributed by atoms with Gasteiger partial charge in [0.2, 0.25) is 5.95 Å². The fourth-order valence-electron chi connectivity index (χ4n) is 1.01. The summed E-state index contributed by atoms with van der Waals surface area (Å²) in [6, 6.07) is 0. The predicted molar refractivity (Wildman–Crippen MR) is 53.4 cm³/mol. The normalized spacial score (nSPS) is 11.8. The summed E-state index contributed by atoms with van der Waals surface area (Å²) in [4.78, 5) is 3.73. The zero-order valence-electron chi connectivity index (χ0n) is 8.05. The van der Waals surface area contributed by atoms with Gasteiger partial charge in [0.05, 0.1) is 5.75 Å². The van der Waals surface area contributed by atoms with Crippen LogP contribution in [0.5, 0.6) is 0 Å². The van der Waals surface area contributed by atoms with Crippen molar-refractivity contribution < 1.29 is 8.42 Å². The fraction of sp³-hybridized carbons (Fsp3) is 0.714. The molecule has 0 aliphatic rings. The topological polar surface area (TPSA) is 90.9 Å². The highest BCUT2D eigenvalue weighted by molar-refractivity contribution is 7.91. The van der Waals surface area contributed by atoms with Crippen LogP contribution < -0.4 is 5.73 Å². The third-order valence-electron chi connectivity index (χ3n) is 1.84. The molecule has 0 bridgehead atoms. The van der Waals surface area contributed by atoms with E-state index in [4.69, 9.17) is 5.73 Å². The number of sulfone groups is 1. The van der Waals surface area contributed by atoms with Gasteiger partial charge in [0.25, 0.3) is 0 Å². The summed E-state index contributed by atoms with van der Waals surface area (Å²) in [5.41, 5.74) is 5.30. The van der Waals surface area contributed by atoms with Gasteiger partial charge < -0.3 is 5.73 Å². The smallest absolute Gasteiger partial charge is 0.239 e. The van der Waals surface area contributed by atoms with Crippen molar-refractivity contribution in [1.82, 2.24) is 14.8 Å². The van der Waals surface area contributed by atoms with Crippen LogP contribution in [0, 0.1) is 0 Å². The maximum absolute atomic E-state index is 11.1. The van der Waals surface area contributed by atoms with E-state index in [-0.39, 0.29) is 17.5 Å². The summed E-state index contributed by atoms with van der Waals surface area (Å²) in [5.74, 6) is 0.582. The third kappa shape index (κ3) is 3.33. The van der Waals surface area contributed by atoms with E-state index in [2.05, 4.69) is 10.1 Å². The van der Waals surface area contributed by atoms with Crippen molar-refractivity contribution in [2.24, 2.45) is 0 Å². The molecule has 0 amide bonds. The molecule has 1 aromatic heterocycles. The number of hydrogen-bond donors (Lipinski definition) is 1. The van der Waals surface area contributed by atoms with E-state index in [1.807, 2.05) is 0 Å². The number of hydrogen-bond acceptors (Lipinski definition) is 5. The van der Waals surface area contributed by atoms with Crippen LogP contribution >= 0.6 is 0 Å². The Hall–Kier alpha value is -1.11. The van der Waals surface area contributed by atoms with E-state index in [9.17, 15) is 8.42 Å². The Kier molecular flexibility index (Phi) is 3.45. The van der Waals surface area contributed by atoms with Crippen molar-refractivity contribution in [3.05, 3.63) is 6.33 Å². The number of nitrogen functional groups attached to an aromatic ring is 1. The summed E-state index contributed by atoms with van der Waals surface area (Å²) in [6.45, 7) is 2.17. The second-order valence-electron chi connectivity index (χ2n) is 2.96. The van der Waals surface area contributed by atoms with Crippen molar-refractivity contribution in [1.29, 1.82) is 0 Å². The molecule has 0 aliphatic carbocycles. The van der Waals surface area contributed by atoms with Crippen LogP contribution in [0.2, 0.25) is 0 Å². The monoisotopic (exact) mass is 218 g/mol. The van der Waals surface area contributed by atoms with Crippen LogP contribution in [0.25, 0.3) is 0 Å². The van der Waals surface area contributed by atoms with Crippen LogP contribution in [-0.2, 0) is 16.4 Å². The first-order chi connectivity index (χ1) is 6.53. The molecule has 0 aromatic carbocycles. The lowest BCUT2D eigenvalue weighted by Crippen LogP contribution is -2.11. The number of anilines is 1. The minimum Gasteiger partial charge on any atom is -0.367 e. The van der Waals surface area contributed by atoms with Crippen LogP contribution in [0.3, 0.4) is 0 Å². The standard InChI is InChI=1S/C7H14N4O2S/c1-2-14(12,13)5-3-4-11-6-9-7(8)10-11/h6H,2-5H2,1H3,(H2,8,10). The molecule has 1 heterocycles. The first-order valence-corrected chi connectivity index (χ1v) is 6.21. The molecule has 6 nitrogen and oxygen atoms in total. The predicted octanol–water partition coefficient (Wildman–Crippen LogP) is -0.315. The molecule has 2 N–H and O–H groups in total. The Labute approximate surface area is 83.0 Å². The average molecular weight is 218 g/mol. The second kappa shape index (κ2) is 4.41. The molecular weight excluding hydrogens is 204 g/mol. The Balaban J connectivity index is 2.36. The zero-order valence-corrected chi connectivity index (χ0v) is 8.87. The van der Waals surface area contributed by atoms with Gasteiger partial charge in [-0.05, 0) is 6.42 Å². The molecule has 0 saturated heterocycles. The zero-order chi connectivity index (χ0) is 10.6. The van der Waals surface area contributed by atoms with Crippen molar-refractivity contribution in [2.75, 3.05) is 17.2 Å². The molecule has 0 spiro atoms. The number of nitrogens with zero attached hydrogens (tertiary/aromatic N) is 3. The molecule has 7 heteroatoms. The Bertz CT molecular complexity index is 384. The Morgan fingerprint density at radius 1 is 1.57 bits per heavy atom. The highest BCUT2D eigenvalue weighted by Crippen LogP contribution is 1.97. The van der Waals surface area contributed by atoms with Gasteiger partial charge in [-0.1, -0.05) is 6.92 Å². The molecule has 0 saturated carbocycles. The fourth-order valence-corrected chi connectivity index (χ4v) is 1.87. The highest BCUT2D eigenvalue weighted by atomic mass is 32.2. The van der Waals surface area contributed by atoms with Gasteiger partial charge >= 0.3 is 0 Å². The lowest BCUT2D eigenvalue weighted by molar-refractivity contribution is 0.573. The molecular formula is C7H14N4O2S. The van der Waals surface area contributed by atoms with Crippen LogP contribution in [-0.4, -0.2) is 34.7 Å². The van der Waals surface area contributed by atoms with Crippen LogP contribution in [0.1, 0.15) is 13.3 Å². The van der Waals surface area contributed by atoms with Gasteiger partial charge in [-0.25, -0.2) is 13.4 Å². The summed E-state index contributed by atoms with van der Waals surface area (Å²) in [7, 11) is -2.88. The van der Waals surface area contributed by atoms with E-state index in [1.165, 1.54) is 6.33 Å². The van der Waals surface area contributed by atoms with Gasteiger partial charge in [0, 0.05) is 12.3 Å². The lowest BCUT2D eigenvalue weighted by atomic mass is 10.5. The quantitative estimate of drug-likeness (QED) is 0.731. The van der Waals surface area contributed by atoms with Crippen LogP contribution in [0.4, 0.5) is 5.95 Å². The first-order valence-electron chi connectivity index (χ1n) is 4.39. The van der Waals surface area contributed by atoms with Crippen molar-refractivity contribution >= 4 is 15.8 Å². The van der Waals surface area contributed by atoms with Gasteiger partial charge in [-0.2, -0.15) is 0 Å². The molecule has 0 aliphatic heterocycles. The van der Waals surface area contributed by atoms with E-state index in [0.717, 1.165) is 0 Å². The van der Waals surface area contributed by atoms with Crippen molar-refractivity contribution in [3.63, 3.8) is 0 Å². The first kappa shape index (κ1) is 11.0. The van der Waals surface area contributed by atoms with E-state index < -0.39 is 9.84 Å². The van der Waals surface area contributed by atoms with Crippen LogP contribution in [0.15, 0.2) is 6.33 Å². The highest BCUT2D eigenvalue weighted by Gasteiger charge is 2.06. The van der Waals surface area contributed by atoms with E-state index >= 15 is 0 Å². The van der Waals surface area contributed by atoms with Gasteiger partial charge in [0.15, 0.2) is 0 Å². The molecule has 14 heavy (non-hydrogen) atoms. The van der Waals surface area contributed by atoms with Crippen molar-refractivity contribution in [2.45, 2.75) is 19.9 Å². The van der Waals surface area contributed by atoms with E-state index in [0.29, 0.717) is 13.0 Å². The summed E-state index contributed by atoms with van der Waals surface area (Å²) >= 11 is 0. The van der Waals surface area contributed by atoms with Crippen molar-refractivity contribution in [3.8, 4) is 0 Å². The maximum Gasteiger partial charge on any atom is 0.239 e. The Morgan fingerprint density at radius 3 is 2.79 bits per heavy atom. The van der Waals surface area contributed by atoms with E-state index in [1.54, 1.807) is 11.6 Å². The largest absolute Gasteiger partial charge is 0.367 e. The summed E-state index contributed by atoms with van der Waals surface area (Å²) in [5, 5.41) is 3.84. The third-order valence-corrected chi connectivity index (χ3v) is 3.63. The number of nitrogens with two attached hydrogens (primary N) is 1. The number of aryl methyl sites for hydroxylation is 1. The average Bonchev–Trinajstić information content (AvgIpc) is 2.51. The van der Waals surface area contributed by atoms with Gasteiger partial charge in [-0.15, -0.1) is 5.10 Å². The second-order valence-corrected chi connectivity index (χ2v) is 5.43. The molecule has 0 radical (unpaired) electrons. The minimum absolute atomic E-state index is 0.184. The Morgan fingerprint density at radius 2 is 2.29 bits per heavy atom. The number of rotatable bonds is 5. The number of aromatic nitrogens is 3. The lowest BCUT2D eigenvalue weighted by Gasteiger charge is -2.00. The molecule has 1 aromatic rings. The van der Waals surface area contributed by atoms with Gasteiger partial charge in [0.1, 0.15) is 16.2 Å². The maximum atomic E-state index is 11.1. The molecule has 0 atom stereocenters. The minimum atomic E-state index is -2.88. The SMILES string of the molecule is CCS(=O)(=O)CCCn1cnc(N)n1. The molecule has 1 rings (SSSR count).